The molecule has 0 aliphatic heterocycles. The van der Waals surface area contributed by atoms with Gasteiger partial charge in [0.1, 0.15) is 12.6 Å². The molecule has 1 aliphatic carbocycles. The first-order valence-corrected chi connectivity index (χ1v) is 20.2. The largest absolute Gasteiger partial charge is 0.444 e. The Balaban J connectivity index is 1.24. The summed E-state index contributed by atoms with van der Waals surface area (Å²) < 4.78 is 5.44. The minimum atomic E-state index is -1.05. The lowest BCUT2D eigenvalue weighted by Gasteiger charge is -2.30. The van der Waals surface area contributed by atoms with E-state index in [1.54, 1.807) is 35.0 Å². The minimum absolute atomic E-state index is 0.0695. The molecule has 1 saturated carbocycles. The quantitative estimate of drug-likeness (QED) is 0.0905. The fourth-order valence-corrected chi connectivity index (χ4v) is 8.11. The molecule has 2 aromatic heterocycles. The fourth-order valence-electron chi connectivity index (χ4n) is 6.70. The van der Waals surface area contributed by atoms with Crippen LogP contribution in [0.15, 0.2) is 77.8 Å². The molecule has 53 heavy (non-hydrogen) atoms. The molecule has 4 N–H and O–H groups in total. The van der Waals surface area contributed by atoms with Crippen LogP contribution in [-0.2, 0) is 41.9 Å². The summed E-state index contributed by atoms with van der Waals surface area (Å²) in [6.45, 7) is 4.18. The van der Waals surface area contributed by atoms with Crippen LogP contribution in [0.1, 0.15) is 72.7 Å². The van der Waals surface area contributed by atoms with Crippen molar-refractivity contribution in [3.05, 3.63) is 104 Å². The van der Waals surface area contributed by atoms with Crippen LogP contribution in [0.2, 0.25) is 0 Å². The molecule has 4 aromatic rings. The zero-order chi connectivity index (χ0) is 37.6. The average Bonchev–Trinajstić information content (AvgIpc) is 3.95. The highest BCUT2D eigenvalue weighted by atomic mass is 32.1. The highest BCUT2D eigenvalue weighted by molar-refractivity contribution is 7.09. The first-order chi connectivity index (χ1) is 25.6. The molecule has 0 bridgehead atoms. The molecule has 4 atom stereocenters. The second kappa shape index (κ2) is 20.2. The van der Waals surface area contributed by atoms with Crippen LogP contribution in [0.25, 0.3) is 0 Å². The molecule has 13 heteroatoms. The van der Waals surface area contributed by atoms with Gasteiger partial charge in [-0.3, -0.25) is 9.78 Å². The van der Waals surface area contributed by atoms with E-state index < -0.39 is 30.3 Å². The highest BCUT2D eigenvalue weighted by Gasteiger charge is 2.31. The summed E-state index contributed by atoms with van der Waals surface area (Å²) in [5, 5.41) is 23.8. The van der Waals surface area contributed by atoms with Crippen LogP contribution in [0.4, 0.5) is 9.59 Å². The molecule has 11 nitrogen and oxygen atoms in total. The lowest BCUT2D eigenvalue weighted by Crippen LogP contribution is -2.55. The van der Waals surface area contributed by atoms with E-state index in [9.17, 15) is 19.5 Å². The van der Waals surface area contributed by atoms with Gasteiger partial charge in [-0.15, -0.1) is 22.7 Å². The van der Waals surface area contributed by atoms with E-state index in [4.69, 9.17) is 9.72 Å². The molecule has 2 heterocycles. The topological polar surface area (TPSA) is 146 Å². The molecule has 0 unspecified atom stereocenters. The summed E-state index contributed by atoms with van der Waals surface area (Å²) in [6.07, 6.45) is 6.96. The van der Waals surface area contributed by atoms with E-state index >= 15 is 0 Å². The van der Waals surface area contributed by atoms with Crippen molar-refractivity contribution in [3.63, 3.8) is 0 Å². The van der Waals surface area contributed by atoms with Crippen LogP contribution in [0.5, 0.6) is 0 Å². The zero-order valence-corrected chi connectivity index (χ0v) is 32.4. The molecular weight excluding hydrogens is 709 g/mol. The molecule has 4 amide bonds. The first-order valence-electron chi connectivity index (χ1n) is 18.4. The number of ether oxygens (including phenoxy) is 1. The number of nitrogens with one attached hydrogen (secondary N) is 3. The Bertz CT molecular complexity index is 1700. The monoisotopic (exact) mass is 760 g/mol. The number of hydrogen-bond acceptors (Lipinski definition) is 9. The number of aliphatic hydroxyl groups is 1. The van der Waals surface area contributed by atoms with Crippen molar-refractivity contribution in [3.8, 4) is 0 Å². The van der Waals surface area contributed by atoms with Crippen LogP contribution >= 0.6 is 22.7 Å². The second-order valence-electron chi connectivity index (χ2n) is 14.3. The number of hydrogen-bond donors (Lipinski definition) is 4. The van der Waals surface area contributed by atoms with Crippen molar-refractivity contribution in [1.29, 1.82) is 0 Å². The molecule has 284 valence electrons. The molecule has 2 aromatic carbocycles. The molecule has 0 radical (unpaired) electrons. The lowest BCUT2D eigenvalue weighted by molar-refractivity contribution is -0.124. The van der Waals surface area contributed by atoms with Gasteiger partial charge in [-0.05, 0) is 42.2 Å². The van der Waals surface area contributed by atoms with Crippen molar-refractivity contribution < 1.29 is 24.2 Å². The molecule has 1 fully saturated rings. The van der Waals surface area contributed by atoms with Crippen LogP contribution in [0, 0.1) is 11.8 Å². The van der Waals surface area contributed by atoms with Crippen molar-refractivity contribution in [1.82, 2.24) is 30.8 Å². The number of aliphatic hydroxyl groups excluding tert-OH is 1. The third-order valence-electron chi connectivity index (χ3n) is 9.60. The van der Waals surface area contributed by atoms with Gasteiger partial charge < -0.3 is 30.7 Å². The van der Waals surface area contributed by atoms with E-state index in [1.165, 1.54) is 37.0 Å². The predicted molar refractivity (Wildman–Crippen MR) is 208 cm³/mol. The van der Waals surface area contributed by atoms with E-state index in [-0.39, 0.29) is 30.9 Å². The smallest absolute Gasteiger partial charge is 0.407 e. The van der Waals surface area contributed by atoms with Crippen molar-refractivity contribution in [2.75, 3.05) is 7.05 Å². The van der Waals surface area contributed by atoms with Gasteiger partial charge in [0, 0.05) is 31.1 Å². The average molecular weight is 761 g/mol. The Kier molecular flexibility index (Phi) is 15.2. The van der Waals surface area contributed by atoms with Gasteiger partial charge in [0.2, 0.25) is 5.91 Å². The number of alkyl carbamates (subject to hydrolysis) is 1. The molecule has 0 saturated heterocycles. The van der Waals surface area contributed by atoms with Gasteiger partial charge in [0.15, 0.2) is 0 Å². The van der Waals surface area contributed by atoms with Gasteiger partial charge in [-0.1, -0.05) is 100 Å². The van der Waals surface area contributed by atoms with Gasteiger partial charge in [0.25, 0.3) is 0 Å². The van der Waals surface area contributed by atoms with Crippen LogP contribution in [-0.4, -0.2) is 69.3 Å². The number of aromatic nitrogens is 2. The van der Waals surface area contributed by atoms with Crippen molar-refractivity contribution in [2.24, 2.45) is 11.8 Å². The maximum absolute atomic E-state index is 14.0. The summed E-state index contributed by atoms with van der Waals surface area (Å²) in [7, 11) is 1.71. The standard InChI is InChI=1S/C40H52N6O5S2/c1-27(2)37(45-39(49)46(3)23-32-25-52-36(42-32)20-30-16-10-11-17-30)38(48)43-31(18-28-12-6-4-7-13-28)21-35(47)34(19-29-14-8-5-9-15-29)44-40(50)51-24-33-22-41-26-53-33/h4-9,12-15,22,25-27,30-31,34-35,37,47H,10-11,16-21,23-24H2,1-3H3,(H,43,48)(H,44,50)(H,45,49)/t31-,34-,35-,37-/m0/s1. The number of carbonyl (C=O) groups excluding carboxylic acids is 3. The number of amides is 4. The van der Waals surface area contributed by atoms with Gasteiger partial charge in [-0.2, -0.15) is 0 Å². The summed E-state index contributed by atoms with van der Waals surface area (Å²) >= 11 is 3.03. The fraction of sp³-hybridized carbons (Fsp3) is 0.475. The number of nitrogens with zero attached hydrogens (tertiary/aromatic N) is 3. The third kappa shape index (κ3) is 12.9. The van der Waals surface area contributed by atoms with Gasteiger partial charge in [0.05, 0.1) is 39.8 Å². The Morgan fingerprint density at radius 2 is 1.62 bits per heavy atom. The Labute approximate surface area is 320 Å². The number of benzene rings is 2. The lowest BCUT2D eigenvalue weighted by atomic mass is 9.93. The Morgan fingerprint density at radius 3 is 2.26 bits per heavy atom. The number of thiazole rings is 2. The highest BCUT2D eigenvalue weighted by Crippen LogP contribution is 2.29. The van der Waals surface area contributed by atoms with Gasteiger partial charge in [-0.25, -0.2) is 14.6 Å². The van der Waals surface area contributed by atoms with Crippen LogP contribution < -0.4 is 16.0 Å². The Hall–Kier alpha value is -4.33. The summed E-state index contributed by atoms with van der Waals surface area (Å²) in [5.41, 5.74) is 4.41. The predicted octanol–water partition coefficient (Wildman–Crippen LogP) is 6.51. The van der Waals surface area contributed by atoms with E-state index in [1.807, 2.05) is 79.9 Å². The SMILES string of the molecule is CC(C)[C@H](NC(=O)N(C)Cc1csc(CC2CCCC2)n1)C(=O)N[C@@H](Cc1ccccc1)C[C@H](O)[C@H](Cc1ccccc1)NC(=O)OCc1cncs1. The molecule has 0 spiro atoms. The molecule has 1 aliphatic rings. The van der Waals surface area contributed by atoms with Crippen molar-refractivity contribution >= 4 is 40.7 Å². The molecular formula is C40H52N6O5S2. The number of carbonyl (C=O) groups is 3. The summed E-state index contributed by atoms with van der Waals surface area (Å²) in [5.74, 6) is 0.140. The Morgan fingerprint density at radius 1 is 0.943 bits per heavy atom. The van der Waals surface area contributed by atoms with Gasteiger partial charge >= 0.3 is 12.1 Å². The third-order valence-corrected chi connectivity index (χ3v) is 11.3. The normalized spacial score (nSPS) is 15.3. The number of rotatable bonds is 18. The van der Waals surface area contributed by atoms with E-state index in [2.05, 4.69) is 20.9 Å². The summed E-state index contributed by atoms with van der Waals surface area (Å²) in [6, 6.07) is 16.9. The van der Waals surface area contributed by atoms with Crippen molar-refractivity contribution in [2.45, 2.75) is 103 Å². The first kappa shape index (κ1) is 39.9. The maximum Gasteiger partial charge on any atom is 0.407 e. The van der Waals surface area contributed by atoms with E-state index in [0.717, 1.165) is 33.1 Å². The second-order valence-corrected chi connectivity index (χ2v) is 16.2. The minimum Gasteiger partial charge on any atom is -0.444 e. The summed E-state index contributed by atoms with van der Waals surface area (Å²) in [4.78, 5) is 51.5. The van der Waals surface area contributed by atoms with Crippen LogP contribution in [0.3, 0.4) is 0 Å². The zero-order valence-electron chi connectivity index (χ0n) is 30.8. The van der Waals surface area contributed by atoms with E-state index in [0.29, 0.717) is 25.3 Å². The maximum atomic E-state index is 14.0. The molecule has 5 rings (SSSR count). The number of urea groups is 1.